The number of aryl methyl sites for hydroxylation is 2. The van der Waals surface area contributed by atoms with Gasteiger partial charge in [0.1, 0.15) is 10.6 Å². The molecule has 0 saturated carbocycles. The number of thiophene rings is 1. The highest BCUT2D eigenvalue weighted by Crippen LogP contribution is 2.38. The predicted octanol–water partition coefficient (Wildman–Crippen LogP) is 4.94. The molecule has 4 rings (SSSR count). The number of methoxy groups -OCH3 is 1. The number of benzene rings is 1. The molecule has 0 saturated heterocycles. The average Bonchev–Trinajstić information content (AvgIpc) is 3.54. The third-order valence-electron chi connectivity index (χ3n) is 5.03. The number of hydrogen-bond donors (Lipinski definition) is 1. The van der Waals surface area contributed by atoms with Crippen LogP contribution in [0.3, 0.4) is 0 Å². The van der Waals surface area contributed by atoms with Gasteiger partial charge in [-0.15, -0.1) is 21.5 Å². The van der Waals surface area contributed by atoms with Gasteiger partial charge in [0.2, 0.25) is 5.91 Å². The van der Waals surface area contributed by atoms with Crippen LogP contribution in [0.1, 0.15) is 21.5 Å². The Morgan fingerprint density at radius 3 is 2.76 bits per heavy atom. The number of furan rings is 1. The molecule has 0 aliphatic rings. The lowest BCUT2D eigenvalue weighted by atomic mass is 9.97. The molecular weight excluding hydrogens is 460 g/mol. The van der Waals surface area contributed by atoms with E-state index in [2.05, 4.69) is 15.5 Å². The fourth-order valence-corrected chi connectivity index (χ4v) is 5.01. The molecule has 4 aromatic rings. The van der Waals surface area contributed by atoms with Crippen molar-refractivity contribution in [1.29, 1.82) is 0 Å². The van der Waals surface area contributed by atoms with Gasteiger partial charge in [0.25, 0.3) is 0 Å². The van der Waals surface area contributed by atoms with E-state index in [9.17, 15) is 9.59 Å². The standard InChI is InChI=1S/C23H22N4O4S2/c1-13-7-8-14(2)15(10-13)16-11-32-21(19(16)22(29)30-4)24-18(28)12-33-23-26-25-20(27(23)3)17-6-5-9-31-17/h5-11H,12H2,1-4H3,(H,24,28). The van der Waals surface area contributed by atoms with Crippen molar-refractivity contribution in [3.63, 3.8) is 0 Å². The Labute approximate surface area is 199 Å². The summed E-state index contributed by atoms with van der Waals surface area (Å²) in [6.45, 7) is 3.98. The lowest BCUT2D eigenvalue weighted by Gasteiger charge is -2.10. The maximum Gasteiger partial charge on any atom is 0.341 e. The van der Waals surface area contributed by atoms with Crippen LogP contribution in [-0.4, -0.2) is 39.5 Å². The first kappa shape index (κ1) is 22.8. The zero-order chi connectivity index (χ0) is 23.5. The summed E-state index contributed by atoms with van der Waals surface area (Å²) in [4.78, 5) is 25.3. The molecule has 0 fully saturated rings. The summed E-state index contributed by atoms with van der Waals surface area (Å²) in [7, 11) is 3.14. The van der Waals surface area contributed by atoms with E-state index in [-0.39, 0.29) is 11.7 Å². The van der Waals surface area contributed by atoms with Gasteiger partial charge in [-0.25, -0.2) is 4.79 Å². The van der Waals surface area contributed by atoms with Crippen molar-refractivity contribution in [2.75, 3.05) is 18.2 Å². The summed E-state index contributed by atoms with van der Waals surface area (Å²) >= 11 is 2.54. The summed E-state index contributed by atoms with van der Waals surface area (Å²) in [6.07, 6.45) is 1.57. The molecule has 33 heavy (non-hydrogen) atoms. The number of rotatable bonds is 7. The molecule has 0 bridgehead atoms. The number of ether oxygens (including phenoxy) is 1. The van der Waals surface area contributed by atoms with Gasteiger partial charge in [0, 0.05) is 18.0 Å². The fraction of sp³-hybridized carbons (Fsp3) is 0.217. The highest BCUT2D eigenvalue weighted by molar-refractivity contribution is 7.99. The second kappa shape index (κ2) is 9.63. The van der Waals surface area contributed by atoms with Crippen LogP contribution in [0.15, 0.2) is 51.5 Å². The van der Waals surface area contributed by atoms with Crippen LogP contribution in [0.4, 0.5) is 5.00 Å². The van der Waals surface area contributed by atoms with E-state index in [1.807, 2.05) is 44.5 Å². The zero-order valence-electron chi connectivity index (χ0n) is 18.5. The van der Waals surface area contributed by atoms with Crippen molar-refractivity contribution < 1.29 is 18.7 Å². The smallest absolute Gasteiger partial charge is 0.341 e. The minimum atomic E-state index is -0.494. The first-order valence-electron chi connectivity index (χ1n) is 10.0. The van der Waals surface area contributed by atoms with Crippen LogP contribution in [-0.2, 0) is 16.6 Å². The van der Waals surface area contributed by atoms with Crippen molar-refractivity contribution in [3.8, 4) is 22.7 Å². The van der Waals surface area contributed by atoms with Crippen molar-refractivity contribution in [1.82, 2.24) is 14.8 Å². The van der Waals surface area contributed by atoms with Gasteiger partial charge in [-0.2, -0.15) is 0 Å². The molecule has 3 heterocycles. The van der Waals surface area contributed by atoms with E-state index in [4.69, 9.17) is 9.15 Å². The maximum atomic E-state index is 12.7. The van der Waals surface area contributed by atoms with Crippen LogP contribution in [0.25, 0.3) is 22.7 Å². The summed E-state index contributed by atoms with van der Waals surface area (Å²) in [6, 6.07) is 9.62. The van der Waals surface area contributed by atoms with E-state index in [1.54, 1.807) is 23.0 Å². The van der Waals surface area contributed by atoms with Gasteiger partial charge < -0.3 is 19.0 Å². The second-order valence-corrected chi connectivity index (χ2v) is 9.16. The molecule has 1 aromatic carbocycles. The zero-order valence-corrected chi connectivity index (χ0v) is 20.2. The SMILES string of the molecule is COC(=O)c1c(-c2cc(C)ccc2C)csc1NC(=O)CSc1nnc(-c2ccco2)n1C. The lowest BCUT2D eigenvalue weighted by molar-refractivity contribution is -0.113. The number of aromatic nitrogens is 3. The summed E-state index contributed by atoms with van der Waals surface area (Å²) in [5.41, 5.74) is 4.15. The molecule has 10 heteroatoms. The second-order valence-electron chi connectivity index (χ2n) is 7.34. The van der Waals surface area contributed by atoms with Gasteiger partial charge in [0.15, 0.2) is 16.7 Å². The van der Waals surface area contributed by atoms with Crippen molar-refractivity contribution in [2.45, 2.75) is 19.0 Å². The quantitative estimate of drug-likeness (QED) is 0.294. The first-order chi connectivity index (χ1) is 15.9. The first-order valence-corrected chi connectivity index (χ1v) is 11.9. The highest BCUT2D eigenvalue weighted by atomic mass is 32.2. The maximum absolute atomic E-state index is 12.7. The Hall–Kier alpha value is -3.37. The lowest BCUT2D eigenvalue weighted by Crippen LogP contribution is -2.16. The molecule has 0 unspecified atom stereocenters. The Balaban J connectivity index is 1.52. The third kappa shape index (κ3) is 4.71. The van der Waals surface area contributed by atoms with Gasteiger partial charge >= 0.3 is 5.97 Å². The number of carbonyl (C=O) groups is 2. The molecule has 170 valence electrons. The van der Waals surface area contributed by atoms with E-state index >= 15 is 0 Å². The van der Waals surface area contributed by atoms with Crippen LogP contribution >= 0.6 is 23.1 Å². The molecular formula is C23H22N4O4S2. The topological polar surface area (TPSA) is 99.2 Å². The van der Waals surface area contributed by atoms with Crippen molar-refractivity contribution >= 4 is 40.0 Å². The summed E-state index contributed by atoms with van der Waals surface area (Å²) < 4.78 is 12.1. The highest BCUT2D eigenvalue weighted by Gasteiger charge is 2.23. The number of anilines is 1. The summed E-state index contributed by atoms with van der Waals surface area (Å²) in [5, 5.41) is 14.0. The molecule has 0 spiro atoms. The molecule has 0 radical (unpaired) electrons. The molecule has 8 nitrogen and oxygen atoms in total. The number of amides is 1. The minimum Gasteiger partial charge on any atom is -0.465 e. The molecule has 0 aliphatic heterocycles. The molecule has 1 N–H and O–H groups in total. The average molecular weight is 483 g/mol. The van der Waals surface area contributed by atoms with E-state index in [0.717, 1.165) is 22.3 Å². The minimum absolute atomic E-state index is 0.0987. The van der Waals surface area contributed by atoms with Crippen LogP contribution < -0.4 is 5.32 Å². The van der Waals surface area contributed by atoms with Crippen molar-refractivity contribution in [2.24, 2.45) is 7.05 Å². The van der Waals surface area contributed by atoms with Gasteiger partial charge in [0.05, 0.1) is 19.1 Å². The Morgan fingerprint density at radius 1 is 1.21 bits per heavy atom. The normalized spacial score (nSPS) is 10.9. The molecule has 0 atom stereocenters. The Bertz CT molecular complexity index is 1310. The van der Waals surface area contributed by atoms with E-state index < -0.39 is 5.97 Å². The van der Waals surface area contributed by atoms with Gasteiger partial charge in [-0.3, -0.25) is 4.79 Å². The monoisotopic (exact) mass is 482 g/mol. The molecule has 0 aliphatic carbocycles. The third-order valence-corrected chi connectivity index (χ3v) is 6.94. The summed E-state index contributed by atoms with van der Waals surface area (Å²) in [5.74, 6) is 0.518. The molecule has 3 aromatic heterocycles. The van der Waals surface area contributed by atoms with Gasteiger partial charge in [-0.1, -0.05) is 35.5 Å². The van der Waals surface area contributed by atoms with Crippen molar-refractivity contribution in [3.05, 3.63) is 58.7 Å². The number of thioether (sulfide) groups is 1. The number of nitrogens with one attached hydrogen (secondary N) is 1. The van der Waals surface area contributed by atoms with E-state index in [0.29, 0.717) is 27.3 Å². The Morgan fingerprint density at radius 2 is 2.03 bits per heavy atom. The van der Waals surface area contributed by atoms with E-state index in [1.165, 1.54) is 30.2 Å². The number of esters is 1. The molecule has 1 amide bonds. The predicted molar refractivity (Wildman–Crippen MR) is 129 cm³/mol. The fourth-order valence-electron chi connectivity index (χ4n) is 3.33. The number of hydrogen-bond acceptors (Lipinski definition) is 8. The van der Waals surface area contributed by atoms with Gasteiger partial charge in [-0.05, 0) is 37.1 Å². The largest absolute Gasteiger partial charge is 0.465 e. The number of nitrogens with zero attached hydrogens (tertiary/aromatic N) is 3. The van der Waals surface area contributed by atoms with Crippen LogP contribution in [0.5, 0.6) is 0 Å². The Kier molecular flexibility index (Phi) is 6.66. The van der Waals surface area contributed by atoms with Crippen LogP contribution in [0.2, 0.25) is 0 Å². The van der Waals surface area contributed by atoms with Crippen LogP contribution in [0, 0.1) is 13.8 Å². The number of carbonyl (C=O) groups excluding carboxylic acids is 2.